The summed E-state index contributed by atoms with van der Waals surface area (Å²) in [7, 11) is -3.32. The summed E-state index contributed by atoms with van der Waals surface area (Å²) in [4.78, 5) is 13.5. The number of anilines is 1. The van der Waals surface area contributed by atoms with Gasteiger partial charge >= 0.3 is 0 Å². The molecule has 0 fully saturated rings. The minimum Gasteiger partial charge on any atom is -0.321 e. The van der Waals surface area contributed by atoms with Crippen LogP contribution in [0.5, 0.6) is 0 Å². The van der Waals surface area contributed by atoms with Gasteiger partial charge in [-0.2, -0.15) is 0 Å². The van der Waals surface area contributed by atoms with Crippen molar-refractivity contribution in [2.45, 2.75) is 16.7 Å². The average molecular weight is 335 g/mol. The Hall–Kier alpha value is -1.79. The van der Waals surface area contributed by atoms with Gasteiger partial charge in [0.05, 0.1) is 16.3 Å². The van der Waals surface area contributed by atoms with Gasteiger partial charge in [0, 0.05) is 10.5 Å². The highest BCUT2D eigenvalue weighted by Crippen LogP contribution is 2.25. The summed E-state index contributed by atoms with van der Waals surface area (Å²) < 4.78 is 23.8. The minimum atomic E-state index is -3.32. The molecule has 1 amide bonds. The van der Waals surface area contributed by atoms with Crippen molar-refractivity contribution in [1.82, 2.24) is 0 Å². The number of carbonyl (C=O) groups excluding carboxylic acids is 1. The Morgan fingerprint density at radius 3 is 2.55 bits per heavy atom. The van der Waals surface area contributed by atoms with Crippen molar-refractivity contribution in [3.63, 3.8) is 0 Å². The SMILES string of the molecule is CCS(=O)(=O)c1cccc(C(=O)Nc2ccccc2SC)c1. The summed E-state index contributed by atoms with van der Waals surface area (Å²) in [6, 6.07) is 13.6. The number of rotatable bonds is 5. The highest BCUT2D eigenvalue weighted by molar-refractivity contribution is 7.98. The van der Waals surface area contributed by atoms with Crippen LogP contribution in [0.4, 0.5) is 5.69 Å². The summed E-state index contributed by atoms with van der Waals surface area (Å²) in [6.45, 7) is 1.58. The van der Waals surface area contributed by atoms with Gasteiger partial charge in [-0.05, 0) is 36.6 Å². The molecule has 116 valence electrons. The van der Waals surface area contributed by atoms with Gasteiger partial charge in [-0.1, -0.05) is 25.1 Å². The van der Waals surface area contributed by atoms with Gasteiger partial charge in [0.15, 0.2) is 9.84 Å². The predicted octanol–water partition coefficient (Wildman–Crippen LogP) is 3.45. The van der Waals surface area contributed by atoms with Crippen molar-refractivity contribution < 1.29 is 13.2 Å². The van der Waals surface area contributed by atoms with Crippen LogP contribution in [-0.4, -0.2) is 26.3 Å². The van der Waals surface area contributed by atoms with E-state index in [-0.39, 0.29) is 16.6 Å². The number of amides is 1. The van der Waals surface area contributed by atoms with Crippen LogP contribution in [0.3, 0.4) is 0 Å². The lowest BCUT2D eigenvalue weighted by atomic mass is 10.2. The first-order valence-electron chi connectivity index (χ1n) is 6.75. The lowest BCUT2D eigenvalue weighted by Gasteiger charge is -2.10. The van der Waals surface area contributed by atoms with Crippen LogP contribution >= 0.6 is 11.8 Å². The van der Waals surface area contributed by atoms with E-state index in [9.17, 15) is 13.2 Å². The van der Waals surface area contributed by atoms with Crippen LogP contribution in [0.1, 0.15) is 17.3 Å². The molecule has 0 radical (unpaired) electrons. The topological polar surface area (TPSA) is 63.2 Å². The maximum atomic E-state index is 12.3. The predicted molar refractivity (Wildman–Crippen MR) is 90.3 cm³/mol. The molecule has 22 heavy (non-hydrogen) atoms. The van der Waals surface area contributed by atoms with Crippen molar-refractivity contribution in [1.29, 1.82) is 0 Å². The molecule has 0 saturated heterocycles. The standard InChI is InChI=1S/C16H17NO3S2/c1-3-22(19,20)13-8-6-7-12(11-13)16(18)17-14-9-4-5-10-15(14)21-2/h4-11H,3H2,1-2H3,(H,17,18). The summed E-state index contributed by atoms with van der Waals surface area (Å²) in [5.74, 6) is -0.317. The zero-order valence-electron chi connectivity index (χ0n) is 12.4. The van der Waals surface area contributed by atoms with Gasteiger partial charge < -0.3 is 5.32 Å². The van der Waals surface area contributed by atoms with Crippen LogP contribution in [0.15, 0.2) is 58.3 Å². The van der Waals surface area contributed by atoms with E-state index in [1.54, 1.807) is 19.1 Å². The molecule has 2 rings (SSSR count). The summed E-state index contributed by atoms with van der Waals surface area (Å²) in [6.07, 6.45) is 1.93. The number of carbonyl (C=O) groups is 1. The quantitative estimate of drug-likeness (QED) is 0.850. The second kappa shape index (κ2) is 6.98. The third-order valence-electron chi connectivity index (χ3n) is 3.19. The smallest absolute Gasteiger partial charge is 0.255 e. The van der Waals surface area contributed by atoms with Crippen molar-refractivity contribution >= 4 is 33.2 Å². The molecule has 2 aromatic rings. The molecule has 0 aromatic heterocycles. The van der Waals surface area contributed by atoms with Crippen LogP contribution in [-0.2, 0) is 9.84 Å². The van der Waals surface area contributed by atoms with Gasteiger partial charge in [-0.15, -0.1) is 11.8 Å². The van der Waals surface area contributed by atoms with Crippen molar-refractivity contribution in [3.05, 3.63) is 54.1 Å². The van der Waals surface area contributed by atoms with E-state index in [2.05, 4.69) is 5.32 Å². The maximum absolute atomic E-state index is 12.3. The lowest BCUT2D eigenvalue weighted by Crippen LogP contribution is -2.13. The molecule has 1 N–H and O–H groups in total. The summed E-state index contributed by atoms with van der Waals surface area (Å²) >= 11 is 1.53. The molecule has 0 saturated carbocycles. The fourth-order valence-electron chi connectivity index (χ4n) is 1.94. The number of benzene rings is 2. The third-order valence-corrected chi connectivity index (χ3v) is 5.72. The summed E-state index contributed by atoms with van der Waals surface area (Å²) in [5.41, 5.74) is 1.04. The molecule has 0 spiro atoms. The van der Waals surface area contributed by atoms with Crippen molar-refractivity contribution in [2.75, 3.05) is 17.3 Å². The minimum absolute atomic E-state index is 0.00732. The van der Waals surface area contributed by atoms with E-state index in [4.69, 9.17) is 0 Å². The second-order valence-corrected chi connectivity index (χ2v) is 7.71. The Morgan fingerprint density at radius 2 is 1.86 bits per heavy atom. The molecule has 0 bridgehead atoms. The largest absolute Gasteiger partial charge is 0.321 e. The van der Waals surface area contributed by atoms with E-state index >= 15 is 0 Å². The zero-order chi connectivity index (χ0) is 16.2. The Labute approximate surface area is 134 Å². The van der Waals surface area contributed by atoms with Crippen LogP contribution in [0, 0.1) is 0 Å². The fraction of sp³-hybridized carbons (Fsp3) is 0.188. The first kappa shape index (κ1) is 16.6. The third kappa shape index (κ3) is 3.69. The second-order valence-electron chi connectivity index (χ2n) is 4.59. The van der Waals surface area contributed by atoms with Crippen LogP contribution in [0.2, 0.25) is 0 Å². The van der Waals surface area contributed by atoms with E-state index in [1.165, 1.54) is 23.9 Å². The number of sulfone groups is 1. The number of para-hydroxylation sites is 1. The van der Waals surface area contributed by atoms with Gasteiger partial charge in [0.1, 0.15) is 0 Å². The maximum Gasteiger partial charge on any atom is 0.255 e. The first-order chi connectivity index (χ1) is 10.5. The Balaban J connectivity index is 2.29. The molecular weight excluding hydrogens is 318 g/mol. The van der Waals surface area contributed by atoms with Crippen LogP contribution in [0.25, 0.3) is 0 Å². The number of nitrogens with one attached hydrogen (secondary N) is 1. The Morgan fingerprint density at radius 1 is 1.14 bits per heavy atom. The molecule has 4 nitrogen and oxygen atoms in total. The molecule has 6 heteroatoms. The van der Waals surface area contributed by atoms with E-state index in [0.717, 1.165) is 4.90 Å². The highest BCUT2D eigenvalue weighted by atomic mass is 32.2. The summed E-state index contributed by atoms with van der Waals surface area (Å²) in [5, 5.41) is 2.82. The lowest BCUT2D eigenvalue weighted by molar-refractivity contribution is 0.102. The monoisotopic (exact) mass is 335 g/mol. The fourth-order valence-corrected chi connectivity index (χ4v) is 3.42. The van der Waals surface area contributed by atoms with Gasteiger partial charge in [0.25, 0.3) is 5.91 Å². The molecular formula is C16H17NO3S2. The Bertz CT molecular complexity index is 785. The van der Waals surface area contributed by atoms with E-state index in [0.29, 0.717) is 11.3 Å². The van der Waals surface area contributed by atoms with Crippen LogP contribution < -0.4 is 5.32 Å². The van der Waals surface area contributed by atoms with Crippen molar-refractivity contribution in [2.24, 2.45) is 0 Å². The molecule has 2 aromatic carbocycles. The average Bonchev–Trinajstić information content (AvgIpc) is 2.55. The van der Waals surface area contributed by atoms with Crippen molar-refractivity contribution in [3.8, 4) is 0 Å². The molecule has 0 atom stereocenters. The van der Waals surface area contributed by atoms with E-state index in [1.807, 2.05) is 30.5 Å². The van der Waals surface area contributed by atoms with Gasteiger partial charge in [-0.3, -0.25) is 4.79 Å². The molecule has 0 aliphatic rings. The molecule has 0 aliphatic heterocycles. The Kier molecular flexibility index (Phi) is 5.26. The number of thioether (sulfide) groups is 1. The van der Waals surface area contributed by atoms with E-state index < -0.39 is 9.84 Å². The van der Waals surface area contributed by atoms with Gasteiger partial charge in [-0.25, -0.2) is 8.42 Å². The zero-order valence-corrected chi connectivity index (χ0v) is 14.0. The number of hydrogen-bond acceptors (Lipinski definition) is 4. The highest BCUT2D eigenvalue weighted by Gasteiger charge is 2.15. The molecule has 0 unspecified atom stereocenters. The molecule has 0 heterocycles. The molecule has 0 aliphatic carbocycles. The van der Waals surface area contributed by atoms with Gasteiger partial charge in [0.2, 0.25) is 0 Å². The first-order valence-corrected chi connectivity index (χ1v) is 9.63. The normalized spacial score (nSPS) is 11.2. The number of hydrogen-bond donors (Lipinski definition) is 1.